The van der Waals surface area contributed by atoms with Crippen LogP contribution < -0.4 is 16.0 Å². The van der Waals surface area contributed by atoms with Gasteiger partial charge in [-0.1, -0.05) is 17.4 Å². The average Bonchev–Trinajstić information content (AvgIpc) is 3.58. The number of piperazine rings is 1. The Morgan fingerprint density at radius 2 is 1.72 bits per heavy atom. The third-order valence-corrected chi connectivity index (χ3v) is 12.2. The number of rotatable bonds is 10. The maximum absolute atomic E-state index is 15.4. The van der Waals surface area contributed by atoms with E-state index in [-0.39, 0.29) is 40.9 Å². The zero-order valence-electron chi connectivity index (χ0n) is 30.1. The fourth-order valence-electron chi connectivity index (χ4n) is 8.24. The summed E-state index contributed by atoms with van der Waals surface area (Å²) in [7, 11) is 0. The zero-order valence-corrected chi connectivity index (χ0v) is 30.9. The molecule has 0 spiro atoms. The number of pyridine rings is 1. The van der Waals surface area contributed by atoms with Gasteiger partial charge in [-0.15, -0.1) is 0 Å². The molecule has 304 valence electrons. The molecule has 3 atom stereocenters. The van der Waals surface area contributed by atoms with Crippen LogP contribution in [-0.4, -0.2) is 81.9 Å². The van der Waals surface area contributed by atoms with Crippen molar-refractivity contribution in [2.75, 3.05) is 44.3 Å². The van der Waals surface area contributed by atoms with Crippen molar-refractivity contribution in [2.24, 2.45) is 11.7 Å². The lowest BCUT2D eigenvalue weighted by Gasteiger charge is -2.42. The number of carbonyl (C=O) groups excluding carboxylic acids is 2. The second kappa shape index (κ2) is 14.0. The van der Waals surface area contributed by atoms with Crippen molar-refractivity contribution in [2.45, 2.75) is 49.5 Å². The highest BCUT2D eigenvalue weighted by Crippen LogP contribution is 2.68. The number of nitrogens with one attached hydrogen (secondary N) is 1. The molecule has 5 heterocycles. The first-order chi connectivity index (χ1) is 27.5. The zero-order chi connectivity index (χ0) is 40.8. The molecule has 2 aliphatic heterocycles. The van der Waals surface area contributed by atoms with Crippen molar-refractivity contribution in [3.63, 3.8) is 0 Å². The SMILES string of the molecule is NC(=O)c1cc(-c2cc3sc(N4CCN(C5COC5)CC4)nc3nc2[C@H](Cc2cc(F)cc(F)c2)NC(=O)Cn2nc(C(F)(F)F)c3c2C(F)(F)[C@@H]2C[C@H]32)ccc1F. The normalized spacial score (nSPS) is 20.8. The van der Waals surface area contributed by atoms with E-state index in [4.69, 9.17) is 20.4 Å². The molecule has 3 fully saturated rings. The Kier molecular flexibility index (Phi) is 9.23. The molecule has 58 heavy (non-hydrogen) atoms. The van der Waals surface area contributed by atoms with E-state index < -0.39 is 88.3 Å². The van der Waals surface area contributed by atoms with Crippen molar-refractivity contribution in [1.82, 2.24) is 30.0 Å². The highest BCUT2D eigenvalue weighted by molar-refractivity contribution is 7.22. The van der Waals surface area contributed by atoms with Crippen LogP contribution in [0.25, 0.3) is 21.5 Å². The lowest BCUT2D eigenvalue weighted by molar-refractivity contribution is -0.142. The fraction of sp³-hybridized carbons (Fsp3) is 0.395. The number of carbonyl (C=O) groups is 2. The van der Waals surface area contributed by atoms with Crippen molar-refractivity contribution in [3.8, 4) is 11.1 Å². The lowest BCUT2D eigenvalue weighted by atomic mass is 9.94. The smallest absolute Gasteiger partial charge is 0.378 e. The minimum atomic E-state index is -5.07. The third-order valence-electron chi connectivity index (χ3n) is 11.2. The molecule has 0 unspecified atom stereocenters. The van der Waals surface area contributed by atoms with Crippen molar-refractivity contribution < 1.29 is 49.4 Å². The van der Waals surface area contributed by atoms with Crippen molar-refractivity contribution >= 4 is 38.6 Å². The van der Waals surface area contributed by atoms with E-state index in [1.54, 1.807) is 6.07 Å². The van der Waals surface area contributed by atoms with Crippen molar-refractivity contribution in [1.29, 1.82) is 0 Å². The minimum absolute atomic E-state index is 0.00690. The Morgan fingerprint density at radius 3 is 2.38 bits per heavy atom. The molecule has 0 radical (unpaired) electrons. The van der Waals surface area contributed by atoms with Crippen LogP contribution >= 0.6 is 11.3 Å². The second-order valence-corrected chi connectivity index (χ2v) is 16.0. The molecule has 2 saturated heterocycles. The van der Waals surface area contributed by atoms with Gasteiger partial charge in [-0.3, -0.25) is 19.2 Å². The molecule has 2 amide bonds. The number of thiazole rings is 1. The molecular weight excluding hydrogens is 801 g/mol. The lowest BCUT2D eigenvalue weighted by Crippen LogP contribution is -2.56. The Hall–Kier alpha value is -5.21. The summed E-state index contributed by atoms with van der Waals surface area (Å²) in [5, 5.41) is 6.69. The standard InChI is InChI=1S/C38H32F8N8O3S/c39-19-7-17(8-20(40)11-19)9-27(48-29(55)14-54-33-30(32(51-54)38(44,45)46)23-12-25(23)37(33,42)43)31-22(18-1-2-26(41)24(10-18)34(47)56)13-28-35(49-31)50-36(58-28)53-5-3-52(4-6-53)21-15-57-16-21/h1-2,7-8,10-11,13,21,23,25,27H,3-6,9,12,14-16H2,(H2,47,56)(H,48,55)/t23-,25+,27-/m0/s1. The van der Waals surface area contributed by atoms with E-state index in [2.05, 4.69) is 20.2 Å². The minimum Gasteiger partial charge on any atom is -0.378 e. The molecular formula is C38H32F8N8O3S. The summed E-state index contributed by atoms with van der Waals surface area (Å²) in [6.07, 6.45) is -5.58. The topological polar surface area (TPSA) is 132 Å². The van der Waals surface area contributed by atoms with Gasteiger partial charge < -0.3 is 20.7 Å². The molecule has 5 aromatic rings. The number of hydrogen-bond acceptors (Lipinski definition) is 9. The van der Waals surface area contributed by atoms with Crippen LogP contribution in [0.2, 0.25) is 0 Å². The number of ether oxygens (including phenoxy) is 1. The maximum atomic E-state index is 15.4. The number of halogens is 8. The number of alkyl halides is 5. The maximum Gasteiger partial charge on any atom is 0.435 e. The first-order valence-corrected chi connectivity index (χ1v) is 19.1. The number of anilines is 1. The van der Waals surface area contributed by atoms with Crippen LogP contribution in [0.3, 0.4) is 0 Å². The Morgan fingerprint density at radius 1 is 1.00 bits per heavy atom. The summed E-state index contributed by atoms with van der Waals surface area (Å²) < 4.78 is 123. The van der Waals surface area contributed by atoms with E-state index in [0.717, 1.165) is 31.3 Å². The predicted octanol–water partition coefficient (Wildman–Crippen LogP) is 5.92. The van der Waals surface area contributed by atoms with Crippen LogP contribution in [0.15, 0.2) is 42.5 Å². The predicted molar refractivity (Wildman–Crippen MR) is 193 cm³/mol. The number of hydrogen-bond donors (Lipinski definition) is 2. The molecule has 11 nitrogen and oxygen atoms in total. The van der Waals surface area contributed by atoms with E-state index in [9.17, 15) is 35.9 Å². The number of benzene rings is 2. The number of nitrogens with zero attached hydrogens (tertiary/aromatic N) is 6. The third kappa shape index (κ3) is 6.83. The second-order valence-electron chi connectivity index (χ2n) is 15.0. The molecule has 1 saturated carbocycles. The quantitative estimate of drug-likeness (QED) is 0.166. The number of aromatic nitrogens is 4. The number of fused-ring (bicyclic) bond motifs is 4. The van der Waals surface area contributed by atoms with Crippen molar-refractivity contribution in [3.05, 3.63) is 93.7 Å². The van der Waals surface area contributed by atoms with E-state index in [1.165, 1.54) is 23.5 Å². The van der Waals surface area contributed by atoms with Crippen LogP contribution in [0.5, 0.6) is 0 Å². The first kappa shape index (κ1) is 38.3. The van der Waals surface area contributed by atoms with Crippen LogP contribution in [0.4, 0.5) is 40.3 Å². The Bertz CT molecular complexity index is 2460. The van der Waals surface area contributed by atoms with Crippen LogP contribution in [-0.2, 0) is 34.6 Å². The molecule has 3 N–H and O–H groups in total. The molecule has 2 aliphatic carbocycles. The number of amides is 2. The van der Waals surface area contributed by atoms with Gasteiger partial charge in [-0.05, 0) is 60.2 Å². The van der Waals surface area contributed by atoms with Crippen LogP contribution in [0, 0.1) is 23.4 Å². The summed E-state index contributed by atoms with van der Waals surface area (Å²) in [5.74, 6) is -11.0. The monoisotopic (exact) mass is 832 g/mol. The molecule has 2 aromatic carbocycles. The van der Waals surface area contributed by atoms with Gasteiger partial charge in [0.25, 0.3) is 11.8 Å². The number of nitrogens with two attached hydrogens (primary N) is 1. The molecule has 9 rings (SSSR count). The largest absolute Gasteiger partial charge is 0.435 e. The molecule has 3 aromatic heterocycles. The Balaban J connectivity index is 1.12. The van der Waals surface area contributed by atoms with E-state index >= 15 is 8.78 Å². The summed E-state index contributed by atoms with van der Waals surface area (Å²) in [6.45, 7) is 3.08. The summed E-state index contributed by atoms with van der Waals surface area (Å²) in [4.78, 5) is 40.1. The molecule has 4 aliphatic rings. The van der Waals surface area contributed by atoms with Gasteiger partial charge >= 0.3 is 6.18 Å². The first-order valence-electron chi connectivity index (χ1n) is 18.3. The average molecular weight is 833 g/mol. The van der Waals surface area contributed by atoms with Gasteiger partial charge in [0, 0.05) is 49.3 Å². The molecule has 0 bridgehead atoms. The summed E-state index contributed by atoms with van der Waals surface area (Å²) >= 11 is 1.30. The molecule has 20 heteroatoms. The van der Waals surface area contributed by atoms with Gasteiger partial charge in [0.05, 0.1) is 41.3 Å². The number of primary amides is 1. The Labute approximate surface area is 327 Å². The van der Waals surface area contributed by atoms with Gasteiger partial charge in [-0.2, -0.15) is 32.0 Å². The van der Waals surface area contributed by atoms with Gasteiger partial charge in [-0.25, -0.2) is 18.2 Å². The fourth-order valence-corrected chi connectivity index (χ4v) is 9.24. The van der Waals surface area contributed by atoms with Gasteiger partial charge in [0.1, 0.15) is 29.7 Å². The summed E-state index contributed by atoms with van der Waals surface area (Å²) in [5.41, 5.74) is 2.55. The van der Waals surface area contributed by atoms with E-state index in [0.29, 0.717) is 52.9 Å². The van der Waals surface area contributed by atoms with Crippen LogP contribution in [0.1, 0.15) is 56.9 Å². The van der Waals surface area contributed by atoms with Gasteiger partial charge in [0.2, 0.25) is 5.91 Å². The summed E-state index contributed by atoms with van der Waals surface area (Å²) in [6, 6.07) is 6.80. The highest BCUT2D eigenvalue weighted by atomic mass is 32.1. The highest BCUT2D eigenvalue weighted by Gasteiger charge is 2.68. The van der Waals surface area contributed by atoms with Gasteiger partial charge in [0.15, 0.2) is 16.5 Å². The van der Waals surface area contributed by atoms with E-state index in [1.807, 2.05) is 0 Å².